The van der Waals surface area contributed by atoms with Crippen LogP contribution in [0.3, 0.4) is 0 Å². The summed E-state index contributed by atoms with van der Waals surface area (Å²) in [5.41, 5.74) is 1.43. The molecule has 1 aromatic carbocycles. The highest BCUT2D eigenvalue weighted by Crippen LogP contribution is 2.34. The number of anilines is 1. The van der Waals surface area contributed by atoms with Crippen LogP contribution in [0.15, 0.2) is 18.2 Å². The third-order valence-electron chi connectivity index (χ3n) is 4.14. The van der Waals surface area contributed by atoms with Crippen LogP contribution in [0.2, 0.25) is 0 Å². The largest absolute Gasteiger partial charge is 0.486 e. The predicted octanol–water partition coefficient (Wildman–Crippen LogP) is 2.04. The van der Waals surface area contributed by atoms with E-state index in [-0.39, 0.29) is 5.54 Å². The second kappa shape index (κ2) is 4.93. The Morgan fingerprint density at radius 2 is 2.05 bits per heavy atom. The normalized spacial score (nSPS) is 26.3. The number of ether oxygens (including phenoxy) is 2. The molecule has 0 bridgehead atoms. The van der Waals surface area contributed by atoms with E-state index in [1.807, 2.05) is 6.07 Å². The van der Waals surface area contributed by atoms with E-state index in [4.69, 9.17) is 9.47 Å². The van der Waals surface area contributed by atoms with E-state index in [0.29, 0.717) is 13.2 Å². The van der Waals surface area contributed by atoms with Gasteiger partial charge in [0, 0.05) is 36.9 Å². The number of rotatable bonds is 2. The molecule has 4 nitrogen and oxygen atoms in total. The van der Waals surface area contributed by atoms with Crippen LogP contribution in [0, 0.1) is 0 Å². The Hall–Kier alpha value is -1.42. The molecule has 2 aliphatic rings. The second-order valence-electron chi connectivity index (χ2n) is 5.59. The van der Waals surface area contributed by atoms with Crippen molar-refractivity contribution in [2.45, 2.75) is 25.8 Å². The zero-order valence-corrected chi connectivity index (χ0v) is 11.7. The monoisotopic (exact) mass is 262 g/mol. The number of hydrogen-bond donors (Lipinski definition) is 1. The first-order chi connectivity index (χ1) is 9.20. The van der Waals surface area contributed by atoms with Crippen molar-refractivity contribution in [3.05, 3.63) is 18.2 Å². The van der Waals surface area contributed by atoms with Crippen molar-refractivity contribution >= 4 is 5.69 Å². The maximum Gasteiger partial charge on any atom is 0.163 e. The maximum absolute atomic E-state index is 5.67. The Morgan fingerprint density at radius 3 is 2.84 bits per heavy atom. The summed E-state index contributed by atoms with van der Waals surface area (Å²) in [4.78, 5) is 2.43. The summed E-state index contributed by atoms with van der Waals surface area (Å²) in [6.07, 6.45) is 1.13. The lowest BCUT2D eigenvalue weighted by Crippen LogP contribution is -2.58. The summed E-state index contributed by atoms with van der Waals surface area (Å²) in [5.74, 6) is 1.74. The lowest BCUT2D eigenvalue weighted by atomic mass is 9.95. The van der Waals surface area contributed by atoms with Gasteiger partial charge in [0.25, 0.3) is 0 Å². The van der Waals surface area contributed by atoms with Gasteiger partial charge < -0.3 is 19.7 Å². The van der Waals surface area contributed by atoms with Crippen LogP contribution in [0.1, 0.15) is 20.3 Å². The number of piperazine rings is 1. The SMILES string of the molecule is CCC1(C)CN(c2ccc3c(c2)OCCO3)CCN1. The van der Waals surface area contributed by atoms with Gasteiger partial charge in [-0.05, 0) is 25.5 Å². The summed E-state index contributed by atoms with van der Waals surface area (Å²) < 4.78 is 11.2. The molecule has 1 N–H and O–H groups in total. The van der Waals surface area contributed by atoms with Crippen molar-refractivity contribution in [2.75, 3.05) is 37.7 Å². The molecule has 0 aliphatic carbocycles. The van der Waals surface area contributed by atoms with E-state index in [1.54, 1.807) is 0 Å². The van der Waals surface area contributed by atoms with Crippen molar-refractivity contribution in [3.63, 3.8) is 0 Å². The summed E-state index contributed by atoms with van der Waals surface area (Å²) in [6.45, 7) is 8.91. The van der Waals surface area contributed by atoms with Gasteiger partial charge >= 0.3 is 0 Å². The van der Waals surface area contributed by atoms with Crippen LogP contribution in [-0.2, 0) is 0 Å². The number of nitrogens with zero attached hydrogens (tertiary/aromatic N) is 1. The maximum atomic E-state index is 5.67. The summed E-state index contributed by atoms with van der Waals surface area (Å²) in [6, 6.07) is 6.26. The molecule has 104 valence electrons. The van der Waals surface area contributed by atoms with Crippen molar-refractivity contribution in [1.82, 2.24) is 5.32 Å². The lowest BCUT2D eigenvalue weighted by Gasteiger charge is -2.42. The highest BCUT2D eigenvalue weighted by atomic mass is 16.6. The van der Waals surface area contributed by atoms with Crippen LogP contribution in [0.5, 0.6) is 11.5 Å². The molecule has 1 saturated heterocycles. The molecule has 19 heavy (non-hydrogen) atoms. The number of benzene rings is 1. The van der Waals surface area contributed by atoms with Gasteiger partial charge in [-0.25, -0.2) is 0 Å². The third kappa shape index (κ3) is 2.50. The first-order valence-electron chi connectivity index (χ1n) is 7.10. The first-order valence-corrected chi connectivity index (χ1v) is 7.10. The van der Waals surface area contributed by atoms with Crippen LogP contribution in [0.4, 0.5) is 5.69 Å². The molecular formula is C15H22N2O2. The smallest absolute Gasteiger partial charge is 0.163 e. The molecule has 1 unspecified atom stereocenters. The quantitative estimate of drug-likeness (QED) is 0.884. The third-order valence-corrected chi connectivity index (χ3v) is 4.14. The zero-order valence-electron chi connectivity index (χ0n) is 11.7. The van der Waals surface area contributed by atoms with Gasteiger partial charge in [-0.2, -0.15) is 0 Å². The van der Waals surface area contributed by atoms with Gasteiger partial charge in [0.15, 0.2) is 11.5 Å². The van der Waals surface area contributed by atoms with Crippen LogP contribution in [-0.4, -0.2) is 38.4 Å². The number of hydrogen-bond acceptors (Lipinski definition) is 4. The zero-order chi connectivity index (χ0) is 13.3. The van der Waals surface area contributed by atoms with Gasteiger partial charge in [-0.1, -0.05) is 6.92 Å². The van der Waals surface area contributed by atoms with E-state index in [1.165, 1.54) is 5.69 Å². The minimum atomic E-state index is 0.200. The molecule has 2 heterocycles. The molecule has 3 rings (SSSR count). The molecule has 0 spiro atoms. The van der Waals surface area contributed by atoms with Crippen LogP contribution in [0.25, 0.3) is 0 Å². The van der Waals surface area contributed by atoms with E-state index in [2.05, 4.69) is 36.2 Å². The summed E-state index contributed by atoms with van der Waals surface area (Å²) in [5, 5.41) is 3.61. The fourth-order valence-corrected chi connectivity index (χ4v) is 2.73. The Morgan fingerprint density at radius 1 is 1.26 bits per heavy atom. The minimum Gasteiger partial charge on any atom is -0.486 e. The van der Waals surface area contributed by atoms with E-state index in [0.717, 1.165) is 37.6 Å². The molecule has 2 aliphatic heterocycles. The minimum absolute atomic E-state index is 0.200. The Balaban J connectivity index is 1.82. The van der Waals surface area contributed by atoms with E-state index >= 15 is 0 Å². The second-order valence-corrected chi connectivity index (χ2v) is 5.59. The molecule has 4 heteroatoms. The number of nitrogens with one attached hydrogen (secondary N) is 1. The Kier molecular flexibility index (Phi) is 3.27. The highest BCUT2D eigenvalue weighted by Gasteiger charge is 2.29. The molecule has 1 aromatic rings. The fourth-order valence-electron chi connectivity index (χ4n) is 2.73. The van der Waals surface area contributed by atoms with Gasteiger partial charge in [0.05, 0.1) is 0 Å². The van der Waals surface area contributed by atoms with Crippen LogP contribution >= 0.6 is 0 Å². The van der Waals surface area contributed by atoms with Crippen LogP contribution < -0.4 is 19.7 Å². The molecular weight excluding hydrogens is 240 g/mol. The lowest BCUT2D eigenvalue weighted by molar-refractivity contribution is 0.171. The standard InChI is InChI=1S/C15H22N2O2/c1-3-15(2)11-17(7-6-16-15)12-4-5-13-14(10-12)19-9-8-18-13/h4-5,10,16H,3,6-9,11H2,1-2H3. The predicted molar refractivity (Wildman–Crippen MR) is 76.3 cm³/mol. The molecule has 0 amide bonds. The van der Waals surface area contributed by atoms with Gasteiger partial charge in [0.1, 0.15) is 13.2 Å². The van der Waals surface area contributed by atoms with Gasteiger partial charge in [-0.3, -0.25) is 0 Å². The fraction of sp³-hybridized carbons (Fsp3) is 0.600. The average molecular weight is 262 g/mol. The first kappa shape index (κ1) is 12.6. The highest BCUT2D eigenvalue weighted by molar-refractivity contribution is 5.57. The molecule has 1 fully saturated rings. The van der Waals surface area contributed by atoms with Gasteiger partial charge in [0.2, 0.25) is 0 Å². The van der Waals surface area contributed by atoms with E-state index in [9.17, 15) is 0 Å². The topological polar surface area (TPSA) is 33.7 Å². The number of fused-ring (bicyclic) bond motifs is 1. The van der Waals surface area contributed by atoms with Crippen molar-refractivity contribution in [1.29, 1.82) is 0 Å². The average Bonchev–Trinajstić information content (AvgIpc) is 2.47. The molecule has 1 atom stereocenters. The van der Waals surface area contributed by atoms with Crippen molar-refractivity contribution in [2.24, 2.45) is 0 Å². The van der Waals surface area contributed by atoms with E-state index < -0.39 is 0 Å². The molecule has 0 radical (unpaired) electrons. The summed E-state index contributed by atoms with van der Waals surface area (Å²) >= 11 is 0. The Labute approximate surface area is 114 Å². The molecule has 0 aromatic heterocycles. The van der Waals surface area contributed by atoms with Gasteiger partial charge in [-0.15, -0.1) is 0 Å². The summed E-state index contributed by atoms with van der Waals surface area (Å²) in [7, 11) is 0. The van der Waals surface area contributed by atoms with Crippen molar-refractivity contribution in [3.8, 4) is 11.5 Å². The molecule has 0 saturated carbocycles. The Bertz CT molecular complexity index is 463. The van der Waals surface area contributed by atoms with Crippen molar-refractivity contribution < 1.29 is 9.47 Å².